The van der Waals surface area contributed by atoms with Crippen LogP contribution in [0.15, 0.2) is 18.2 Å². The number of nitrogens with zero attached hydrogens (tertiary/aromatic N) is 1. The first-order valence-electron chi connectivity index (χ1n) is 6.84. The number of hydrogen-bond donors (Lipinski definition) is 1. The molecule has 4 heteroatoms. The number of amides is 1. The van der Waals surface area contributed by atoms with Gasteiger partial charge in [-0.2, -0.15) is 0 Å². The van der Waals surface area contributed by atoms with Gasteiger partial charge in [0.15, 0.2) is 5.75 Å². The summed E-state index contributed by atoms with van der Waals surface area (Å²) in [6.45, 7) is 0. The fourth-order valence-corrected chi connectivity index (χ4v) is 2.78. The topological polar surface area (TPSA) is 55.6 Å². The molecule has 2 rings (SSSR count). The third-order valence-electron chi connectivity index (χ3n) is 3.92. The zero-order valence-electron chi connectivity index (χ0n) is 11.7. The molecule has 0 atom stereocenters. The van der Waals surface area contributed by atoms with Crippen molar-refractivity contribution in [3.63, 3.8) is 0 Å². The number of benzene rings is 1. The lowest BCUT2D eigenvalue weighted by Gasteiger charge is -2.31. The molecule has 0 aliphatic heterocycles. The molecule has 0 unspecified atom stereocenters. The maximum atomic E-state index is 12.6. The molecule has 1 aliphatic carbocycles. The predicted octanol–water partition coefficient (Wildman–Crippen LogP) is 2.68. The van der Waals surface area contributed by atoms with Crippen LogP contribution in [0.3, 0.4) is 0 Å². The number of rotatable bonds is 3. The SMILES string of the molecule is COc1c(N)cccc1C(=O)N(C)C1CCCCC1. The van der Waals surface area contributed by atoms with E-state index in [0.717, 1.165) is 12.8 Å². The zero-order valence-corrected chi connectivity index (χ0v) is 11.7. The lowest BCUT2D eigenvalue weighted by molar-refractivity contribution is 0.0693. The Kier molecular flexibility index (Phi) is 4.30. The highest BCUT2D eigenvalue weighted by Crippen LogP contribution is 2.29. The zero-order chi connectivity index (χ0) is 13.8. The molecule has 1 saturated carbocycles. The highest BCUT2D eigenvalue weighted by atomic mass is 16.5. The molecule has 0 bridgehead atoms. The number of nitrogens with two attached hydrogens (primary N) is 1. The van der Waals surface area contributed by atoms with Crippen molar-refractivity contribution in [3.8, 4) is 5.75 Å². The summed E-state index contributed by atoms with van der Waals surface area (Å²) in [7, 11) is 3.42. The normalized spacial score (nSPS) is 16.1. The number of carbonyl (C=O) groups is 1. The van der Waals surface area contributed by atoms with Gasteiger partial charge in [-0.15, -0.1) is 0 Å². The smallest absolute Gasteiger partial charge is 0.257 e. The van der Waals surface area contributed by atoms with Crippen molar-refractivity contribution in [2.24, 2.45) is 0 Å². The van der Waals surface area contributed by atoms with Crippen molar-refractivity contribution in [2.75, 3.05) is 19.9 Å². The molecule has 2 N–H and O–H groups in total. The molecule has 1 amide bonds. The van der Waals surface area contributed by atoms with E-state index in [1.165, 1.54) is 19.3 Å². The summed E-state index contributed by atoms with van der Waals surface area (Å²) in [5.74, 6) is 0.478. The number of anilines is 1. The van der Waals surface area contributed by atoms with Gasteiger partial charge in [0.2, 0.25) is 0 Å². The Bertz CT molecular complexity index is 453. The quantitative estimate of drug-likeness (QED) is 0.852. The number of nitrogen functional groups attached to an aromatic ring is 1. The van der Waals surface area contributed by atoms with E-state index in [4.69, 9.17) is 10.5 Å². The minimum atomic E-state index is -0.00366. The van der Waals surface area contributed by atoms with Crippen LogP contribution < -0.4 is 10.5 Å². The summed E-state index contributed by atoms with van der Waals surface area (Å²) >= 11 is 0. The molecule has 0 heterocycles. The van der Waals surface area contributed by atoms with Crippen LogP contribution in [0.4, 0.5) is 5.69 Å². The van der Waals surface area contributed by atoms with Gasteiger partial charge in [0, 0.05) is 13.1 Å². The van der Waals surface area contributed by atoms with Crippen LogP contribution in [0.5, 0.6) is 5.75 Å². The third-order valence-corrected chi connectivity index (χ3v) is 3.92. The predicted molar refractivity (Wildman–Crippen MR) is 76.4 cm³/mol. The van der Waals surface area contributed by atoms with Gasteiger partial charge in [0.25, 0.3) is 5.91 Å². The fourth-order valence-electron chi connectivity index (χ4n) is 2.78. The summed E-state index contributed by atoms with van der Waals surface area (Å²) in [5, 5.41) is 0. The molecule has 104 valence electrons. The first kappa shape index (κ1) is 13.7. The number of para-hydroxylation sites is 1. The minimum absolute atomic E-state index is 0.00366. The average molecular weight is 262 g/mol. The second-order valence-electron chi connectivity index (χ2n) is 5.14. The second kappa shape index (κ2) is 5.95. The van der Waals surface area contributed by atoms with Gasteiger partial charge in [-0.05, 0) is 25.0 Å². The molecule has 0 aromatic heterocycles. The van der Waals surface area contributed by atoms with Crippen molar-refractivity contribution in [1.82, 2.24) is 4.90 Å². The van der Waals surface area contributed by atoms with Gasteiger partial charge in [-0.1, -0.05) is 25.3 Å². The summed E-state index contributed by atoms with van der Waals surface area (Å²) in [6.07, 6.45) is 5.87. The van der Waals surface area contributed by atoms with Crippen LogP contribution in [0.1, 0.15) is 42.5 Å². The lowest BCUT2D eigenvalue weighted by atomic mass is 9.94. The van der Waals surface area contributed by atoms with E-state index in [0.29, 0.717) is 23.0 Å². The van der Waals surface area contributed by atoms with Crippen LogP contribution in [0.25, 0.3) is 0 Å². The molecule has 1 aromatic carbocycles. The van der Waals surface area contributed by atoms with E-state index in [1.54, 1.807) is 25.3 Å². The summed E-state index contributed by atoms with van der Waals surface area (Å²) < 4.78 is 5.26. The summed E-state index contributed by atoms with van der Waals surface area (Å²) in [6, 6.07) is 5.65. The molecule has 1 aromatic rings. The third kappa shape index (κ3) is 2.83. The second-order valence-corrected chi connectivity index (χ2v) is 5.14. The van der Waals surface area contributed by atoms with E-state index >= 15 is 0 Å². The van der Waals surface area contributed by atoms with Gasteiger partial charge < -0.3 is 15.4 Å². The first-order valence-corrected chi connectivity index (χ1v) is 6.84. The molecule has 0 spiro atoms. The molecular formula is C15H22N2O2. The number of ether oxygens (including phenoxy) is 1. The molecule has 1 fully saturated rings. The van der Waals surface area contributed by atoms with Crippen LogP contribution in [-0.2, 0) is 0 Å². The Balaban J connectivity index is 2.21. The average Bonchev–Trinajstić information content (AvgIpc) is 2.46. The highest BCUT2D eigenvalue weighted by Gasteiger charge is 2.25. The van der Waals surface area contributed by atoms with Crippen LogP contribution in [0.2, 0.25) is 0 Å². The van der Waals surface area contributed by atoms with Crippen molar-refractivity contribution in [1.29, 1.82) is 0 Å². The van der Waals surface area contributed by atoms with Gasteiger partial charge in [-0.25, -0.2) is 0 Å². The first-order chi connectivity index (χ1) is 9.15. The number of carbonyl (C=O) groups excluding carboxylic acids is 1. The van der Waals surface area contributed by atoms with Gasteiger partial charge in [0.1, 0.15) is 0 Å². The molecule has 1 aliphatic rings. The van der Waals surface area contributed by atoms with Crippen molar-refractivity contribution in [3.05, 3.63) is 23.8 Å². The van der Waals surface area contributed by atoms with E-state index in [1.807, 2.05) is 11.9 Å². The fraction of sp³-hybridized carbons (Fsp3) is 0.533. The Morgan fingerprint density at radius 3 is 2.63 bits per heavy atom. The van der Waals surface area contributed by atoms with Crippen molar-refractivity contribution >= 4 is 11.6 Å². The minimum Gasteiger partial charge on any atom is -0.494 e. The van der Waals surface area contributed by atoms with Gasteiger partial charge in [0.05, 0.1) is 18.4 Å². The van der Waals surface area contributed by atoms with Gasteiger partial charge >= 0.3 is 0 Å². The molecular weight excluding hydrogens is 240 g/mol. The molecule has 0 saturated heterocycles. The monoisotopic (exact) mass is 262 g/mol. The largest absolute Gasteiger partial charge is 0.494 e. The summed E-state index contributed by atoms with van der Waals surface area (Å²) in [5.41, 5.74) is 6.91. The maximum Gasteiger partial charge on any atom is 0.257 e. The Morgan fingerprint density at radius 1 is 1.32 bits per heavy atom. The molecule has 4 nitrogen and oxygen atoms in total. The number of hydrogen-bond acceptors (Lipinski definition) is 3. The summed E-state index contributed by atoms with van der Waals surface area (Å²) in [4.78, 5) is 14.4. The Hall–Kier alpha value is -1.71. The van der Waals surface area contributed by atoms with Crippen LogP contribution in [0, 0.1) is 0 Å². The number of methoxy groups -OCH3 is 1. The lowest BCUT2D eigenvalue weighted by Crippen LogP contribution is -2.38. The van der Waals surface area contributed by atoms with E-state index in [-0.39, 0.29) is 5.91 Å². The standard InChI is InChI=1S/C15H22N2O2/c1-17(11-7-4-3-5-8-11)15(18)12-9-6-10-13(16)14(12)19-2/h6,9-11H,3-5,7-8,16H2,1-2H3. The van der Waals surface area contributed by atoms with Crippen molar-refractivity contribution in [2.45, 2.75) is 38.1 Å². The van der Waals surface area contributed by atoms with E-state index in [9.17, 15) is 4.79 Å². The maximum absolute atomic E-state index is 12.6. The Morgan fingerprint density at radius 2 is 2.00 bits per heavy atom. The van der Waals surface area contributed by atoms with Gasteiger partial charge in [-0.3, -0.25) is 4.79 Å². The molecule has 19 heavy (non-hydrogen) atoms. The Labute approximate surface area is 114 Å². The van der Waals surface area contributed by atoms with Crippen LogP contribution >= 0.6 is 0 Å². The highest BCUT2D eigenvalue weighted by molar-refractivity contribution is 5.98. The molecule has 0 radical (unpaired) electrons. The van der Waals surface area contributed by atoms with Crippen molar-refractivity contribution < 1.29 is 9.53 Å². The van der Waals surface area contributed by atoms with E-state index in [2.05, 4.69) is 0 Å². The van der Waals surface area contributed by atoms with Crippen LogP contribution in [-0.4, -0.2) is 31.0 Å². The van der Waals surface area contributed by atoms with E-state index < -0.39 is 0 Å².